The van der Waals surface area contributed by atoms with Crippen LogP contribution in [0.3, 0.4) is 0 Å². The van der Waals surface area contributed by atoms with E-state index in [1.165, 1.54) is 12.3 Å². The quantitative estimate of drug-likeness (QED) is 0.809. The van der Waals surface area contributed by atoms with Crippen LogP contribution in [0.5, 0.6) is 5.88 Å². The molecule has 5 nitrogen and oxygen atoms in total. The van der Waals surface area contributed by atoms with Gasteiger partial charge >= 0.3 is 0 Å². The summed E-state index contributed by atoms with van der Waals surface area (Å²) >= 11 is 0. The molecule has 2 aliphatic heterocycles. The second kappa shape index (κ2) is 7.56. The summed E-state index contributed by atoms with van der Waals surface area (Å²) in [5.41, 5.74) is 8.86. The van der Waals surface area contributed by atoms with Crippen LogP contribution in [0, 0.1) is 5.82 Å². The standard InChI is InChI=1S/C15H15F3N4O.CH3F/c1-9-3-10(4-12-7-20-21-22(9)12)11-5-13(16)14(19-6-11)23-8-15(2,17)18;1-2/h3-7,20-21H,8H2,1-2H3;1H3. The lowest BCUT2D eigenvalue weighted by Crippen LogP contribution is -2.36. The molecule has 0 aliphatic carbocycles. The Labute approximate surface area is 142 Å². The van der Waals surface area contributed by atoms with E-state index in [2.05, 4.69) is 15.9 Å². The van der Waals surface area contributed by atoms with Crippen LogP contribution in [-0.4, -0.2) is 29.7 Å². The summed E-state index contributed by atoms with van der Waals surface area (Å²) in [6.07, 6.45) is 6.86. The summed E-state index contributed by atoms with van der Waals surface area (Å²) in [5.74, 6) is -4.26. The first kappa shape index (κ1) is 18.8. The molecule has 1 aromatic heterocycles. The van der Waals surface area contributed by atoms with Gasteiger partial charge in [-0.2, -0.15) is 0 Å². The van der Waals surface area contributed by atoms with E-state index in [0.29, 0.717) is 19.7 Å². The van der Waals surface area contributed by atoms with Gasteiger partial charge in [-0.1, -0.05) is 0 Å². The topological polar surface area (TPSA) is 49.4 Å². The molecule has 0 bridgehead atoms. The molecule has 136 valence electrons. The summed E-state index contributed by atoms with van der Waals surface area (Å²) in [5, 5.41) is 1.83. The zero-order valence-corrected chi connectivity index (χ0v) is 13.9. The minimum atomic E-state index is -3.04. The molecule has 1 aromatic rings. The van der Waals surface area contributed by atoms with Crippen LogP contribution in [-0.2, 0) is 0 Å². The number of alkyl halides is 3. The highest BCUT2D eigenvalue weighted by Gasteiger charge is 2.24. The number of rotatable bonds is 4. The van der Waals surface area contributed by atoms with Gasteiger partial charge in [-0.05, 0) is 30.7 Å². The van der Waals surface area contributed by atoms with Gasteiger partial charge in [0.1, 0.15) is 0 Å². The van der Waals surface area contributed by atoms with E-state index < -0.39 is 24.2 Å². The number of fused-ring (bicyclic) bond motifs is 1. The molecule has 0 saturated carbocycles. The third kappa shape index (κ3) is 4.50. The Kier molecular flexibility index (Phi) is 5.68. The zero-order chi connectivity index (χ0) is 18.6. The molecule has 2 N–H and O–H groups in total. The minimum Gasteiger partial charge on any atom is -0.469 e. The number of halogens is 4. The number of allylic oxidation sites excluding steroid dienone is 4. The van der Waals surface area contributed by atoms with E-state index in [-0.39, 0.29) is 0 Å². The van der Waals surface area contributed by atoms with Gasteiger partial charge in [0.2, 0.25) is 0 Å². The van der Waals surface area contributed by atoms with Gasteiger partial charge in [0.05, 0.1) is 12.9 Å². The lowest BCUT2D eigenvalue weighted by Gasteiger charge is -2.24. The van der Waals surface area contributed by atoms with Crippen molar-refractivity contribution in [3.05, 3.63) is 53.4 Å². The van der Waals surface area contributed by atoms with Crippen LogP contribution in [0.4, 0.5) is 17.6 Å². The summed E-state index contributed by atoms with van der Waals surface area (Å²) in [6.45, 7) is 1.67. The van der Waals surface area contributed by atoms with E-state index in [9.17, 15) is 17.6 Å². The maximum atomic E-state index is 14.0. The molecule has 0 radical (unpaired) electrons. The average molecular weight is 358 g/mol. The molecule has 0 amide bonds. The van der Waals surface area contributed by atoms with Crippen molar-refractivity contribution < 1.29 is 22.3 Å². The van der Waals surface area contributed by atoms with Crippen molar-refractivity contribution in [2.75, 3.05) is 13.8 Å². The van der Waals surface area contributed by atoms with Crippen molar-refractivity contribution >= 4 is 5.57 Å². The number of nitrogens with one attached hydrogen (secondary N) is 2. The number of aromatic nitrogens is 1. The minimum absolute atomic E-state index is 0.433. The molecule has 0 unspecified atom stereocenters. The van der Waals surface area contributed by atoms with E-state index in [1.54, 1.807) is 6.20 Å². The van der Waals surface area contributed by atoms with E-state index in [0.717, 1.165) is 17.0 Å². The van der Waals surface area contributed by atoms with Gasteiger partial charge in [0.25, 0.3) is 11.8 Å². The molecule has 0 fully saturated rings. The second-order valence-corrected chi connectivity index (χ2v) is 5.42. The molecule has 3 rings (SSSR count). The number of nitrogens with zero attached hydrogens (tertiary/aromatic N) is 2. The fourth-order valence-electron chi connectivity index (χ4n) is 2.24. The molecule has 0 spiro atoms. The van der Waals surface area contributed by atoms with Crippen LogP contribution < -0.4 is 15.7 Å². The smallest absolute Gasteiger partial charge is 0.278 e. The normalized spacial score (nSPS) is 16.0. The Bertz CT molecular complexity index is 725. The second-order valence-electron chi connectivity index (χ2n) is 5.42. The molecule has 25 heavy (non-hydrogen) atoms. The lowest BCUT2D eigenvalue weighted by atomic mass is 10.0. The first-order chi connectivity index (χ1) is 11.8. The Balaban J connectivity index is 0.00000109. The molecule has 2 aliphatic rings. The van der Waals surface area contributed by atoms with Gasteiger partial charge in [-0.15, -0.1) is 5.53 Å². The lowest BCUT2D eigenvalue weighted by molar-refractivity contribution is -0.0252. The van der Waals surface area contributed by atoms with Gasteiger partial charge in [-0.3, -0.25) is 9.40 Å². The van der Waals surface area contributed by atoms with Gasteiger partial charge in [0.15, 0.2) is 12.4 Å². The van der Waals surface area contributed by atoms with Crippen molar-refractivity contribution in [2.24, 2.45) is 0 Å². The SMILES string of the molecule is CC1=CC(c2cnc(OCC(C)(F)F)c(F)c2)=CC2=CNNN12.CF. The number of ether oxygens (including phenoxy) is 1. The molecule has 0 atom stereocenters. The zero-order valence-electron chi connectivity index (χ0n) is 13.9. The van der Waals surface area contributed by atoms with E-state index >= 15 is 0 Å². The highest BCUT2D eigenvalue weighted by molar-refractivity contribution is 5.78. The first-order valence-corrected chi connectivity index (χ1v) is 7.29. The maximum Gasteiger partial charge on any atom is 0.278 e. The Hall–Kier alpha value is -2.55. The van der Waals surface area contributed by atoms with E-state index in [1.807, 2.05) is 24.1 Å². The molecule has 0 saturated heterocycles. The van der Waals surface area contributed by atoms with Crippen LogP contribution in [0.2, 0.25) is 0 Å². The summed E-state index contributed by atoms with van der Waals surface area (Å²) < 4.78 is 53.8. The predicted octanol–water partition coefficient (Wildman–Crippen LogP) is 3.31. The number of hydrogen-bond donors (Lipinski definition) is 2. The van der Waals surface area contributed by atoms with Crippen LogP contribution >= 0.6 is 0 Å². The number of pyridine rings is 1. The molecule has 3 heterocycles. The van der Waals surface area contributed by atoms with Crippen molar-refractivity contribution in [1.29, 1.82) is 0 Å². The van der Waals surface area contributed by atoms with Gasteiger partial charge in [-0.25, -0.2) is 18.2 Å². The van der Waals surface area contributed by atoms with Crippen molar-refractivity contribution in [1.82, 2.24) is 21.0 Å². The van der Waals surface area contributed by atoms with Crippen molar-refractivity contribution in [2.45, 2.75) is 19.8 Å². The summed E-state index contributed by atoms with van der Waals surface area (Å²) in [6, 6.07) is 1.22. The Morgan fingerprint density at radius 2 is 2.00 bits per heavy atom. The van der Waals surface area contributed by atoms with Gasteiger partial charge in [0, 0.05) is 30.6 Å². The fraction of sp³-hybridized carbons (Fsp3) is 0.312. The fourth-order valence-corrected chi connectivity index (χ4v) is 2.24. The Morgan fingerprint density at radius 1 is 1.28 bits per heavy atom. The number of hydrazine groups is 2. The van der Waals surface area contributed by atoms with Gasteiger partial charge < -0.3 is 10.2 Å². The third-order valence-corrected chi connectivity index (χ3v) is 3.28. The van der Waals surface area contributed by atoms with Crippen LogP contribution in [0.25, 0.3) is 5.57 Å². The summed E-state index contributed by atoms with van der Waals surface area (Å²) in [7, 11) is 0.500. The first-order valence-electron chi connectivity index (χ1n) is 7.29. The van der Waals surface area contributed by atoms with Crippen LogP contribution in [0.15, 0.2) is 42.0 Å². The third-order valence-electron chi connectivity index (χ3n) is 3.28. The number of hydrogen-bond acceptors (Lipinski definition) is 5. The molecule has 9 heteroatoms. The van der Waals surface area contributed by atoms with Crippen molar-refractivity contribution in [3.63, 3.8) is 0 Å². The highest BCUT2D eigenvalue weighted by atomic mass is 19.3. The molecule has 0 aromatic carbocycles. The van der Waals surface area contributed by atoms with E-state index in [4.69, 9.17) is 4.74 Å². The van der Waals surface area contributed by atoms with Crippen LogP contribution in [0.1, 0.15) is 19.4 Å². The predicted molar refractivity (Wildman–Crippen MR) is 85.3 cm³/mol. The maximum absolute atomic E-state index is 14.0. The molecular formula is C16H18F4N4O. The molecular weight excluding hydrogens is 340 g/mol. The largest absolute Gasteiger partial charge is 0.469 e. The monoisotopic (exact) mass is 358 g/mol. The summed E-state index contributed by atoms with van der Waals surface area (Å²) in [4.78, 5) is 3.80. The Morgan fingerprint density at radius 3 is 2.64 bits per heavy atom. The average Bonchev–Trinajstić information content (AvgIpc) is 3.04. The highest BCUT2D eigenvalue weighted by Crippen LogP contribution is 2.30. The van der Waals surface area contributed by atoms with Crippen molar-refractivity contribution in [3.8, 4) is 5.88 Å².